The molecule has 0 aliphatic heterocycles. The standard InChI is InChI=1S/C6H8O/c7-6-2-4-1-5(4)3-6/h2,5-7H,1,3H2/t5-,6+/m1/s1. The molecule has 0 aromatic rings. The van der Waals surface area contributed by atoms with Crippen molar-refractivity contribution in [2.45, 2.75) is 18.9 Å². The van der Waals surface area contributed by atoms with E-state index in [4.69, 9.17) is 5.11 Å². The van der Waals surface area contributed by atoms with Crippen LogP contribution in [0.4, 0.5) is 0 Å². The lowest BCUT2D eigenvalue weighted by molar-refractivity contribution is 0.214. The van der Waals surface area contributed by atoms with Crippen LogP contribution in [-0.2, 0) is 0 Å². The van der Waals surface area contributed by atoms with Crippen LogP contribution < -0.4 is 0 Å². The fourth-order valence-electron chi connectivity index (χ4n) is 1.27. The molecule has 7 heavy (non-hydrogen) atoms. The van der Waals surface area contributed by atoms with Gasteiger partial charge in [-0.3, -0.25) is 0 Å². The highest BCUT2D eigenvalue weighted by Crippen LogP contribution is 2.46. The molecule has 0 saturated heterocycles. The first-order valence-electron chi connectivity index (χ1n) is 2.75. The Hall–Kier alpha value is -0.300. The molecule has 0 aromatic carbocycles. The molecule has 1 nitrogen and oxygen atoms in total. The Morgan fingerprint density at radius 1 is 1.71 bits per heavy atom. The van der Waals surface area contributed by atoms with E-state index in [2.05, 4.69) is 0 Å². The number of hydrogen-bond acceptors (Lipinski definition) is 1. The predicted octanol–water partition coefficient (Wildman–Crippen LogP) is 0.697. The smallest absolute Gasteiger partial charge is 0.0729 e. The Balaban J connectivity index is 2.23. The summed E-state index contributed by atoms with van der Waals surface area (Å²) in [6.07, 6.45) is 4.19. The number of rotatable bonds is 0. The maximum atomic E-state index is 8.85. The largest absolute Gasteiger partial charge is 0.389 e. The Labute approximate surface area is 42.7 Å². The van der Waals surface area contributed by atoms with Crippen LogP contribution in [0.2, 0.25) is 0 Å². The second kappa shape index (κ2) is 0.920. The van der Waals surface area contributed by atoms with Gasteiger partial charge in [-0.15, -0.1) is 0 Å². The van der Waals surface area contributed by atoms with Gasteiger partial charge >= 0.3 is 0 Å². The van der Waals surface area contributed by atoms with Crippen LogP contribution in [0.15, 0.2) is 11.6 Å². The average Bonchev–Trinajstić information content (AvgIpc) is 2.15. The van der Waals surface area contributed by atoms with Crippen LogP contribution in [0.1, 0.15) is 12.8 Å². The second-order valence-electron chi connectivity index (χ2n) is 2.45. The molecular weight excluding hydrogens is 88.1 g/mol. The van der Waals surface area contributed by atoms with Crippen LogP contribution in [0, 0.1) is 5.92 Å². The van der Waals surface area contributed by atoms with Gasteiger partial charge in [0.2, 0.25) is 0 Å². The first kappa shape index (κ1) is 3.67. The number of allylic oxidation sites excluding steroid dienone is 1. The lowest BCUT2D eigenvalue weighted by Crippen LogP contribution is -1.97. The predicted molar refractivity (Wildman–Crippen MR) is 26.8 cm³/mol. The molecule has 0 heterocycles. The van der Waals surface area contributed by atoms with E-state index in [1.807, 2.05) is 6.08 Å². The van der Waals surface area contributed by atoms with Crippen molar-refractivity contribution in [1.82, 2.24) is 0 Å². The molecule has 2 atom stereocenters. The van der Waals surface area contributed by atoms with E-state index in [1.165, 1.54) is 12.0 Å². The van der Waals surface area contributed by atoms with Crippen LogP contribution >= 0.6 is 0 Å². The molecule has 0 bridgehead atoms. The van der Waals surface area contributed by atoms with E-state index < -0.39 is 0 Å². The fraction of sp³-hybridized carbons (Fsp3) is 0.667. The molecule has 0 unspecified atom stereocenters. The molecule has 1 fully saturated rings. The molecule has 0 radical (unpaired) electrons. The molecular formula is C6H8O. The van der Waals surface area contributed by atoms with Crippen molar-refractivity contribution in [2.24, 2.45) is 5.92 Å². The van der Waals surface area contributed by atoms with E-state index >= 15 is 0 Å². The molecule has 0 amide bonds. The lowest BCUT2D eigenvalue weighted by Gasteiger charge is -1.94. The highest BCUT2D eigenvalue weighted by atomic mass is 16.3. The van der Waals surface area contributed by atoms with Gasteiger partial charge in [-0.05, 0) is 18.8 Å². The zero-order valence-electron chi connectivity index (χ0n) is 4.09. The molecule has 1 saturated carbocycles. The van der Waals surface area contributed by atoms with Crippen molar-refractivity contribution in [1.29, 1.82) is 0 Å². The molecule has 2 aliphatic rings. The number of aliphatic hydroxyl groups excluding tert-OH is 1. The molecule has 0 aromatic heterocycles. The van der Waals surface area contributed by atoms with Gasteiger partial charge < -0.3 is 5.11 Å². The van der Waals surface area contributed by atoms with Crippen molar-refractivity contribution < 1.29 is 5.11 Å². The third-order valence-corrected chi connectivity index (χ3v) is 1.78. The summed E-state index contributed by atoms with van der Waals surface area (Å²) in [6, 6.07) is 0. The molecule has 1 heteroatoms. The normalized spacial score (nSPS) is 45.6. The van der Waals surface area contributed by atoms with Crippen LogP contribution in [0.3, 0.4) is 0 Å². The summed E-state index contributed by atoms with van der Waals surface area (Å²) < 4.78 is 0. The molecule has 2 rings (SSSR count). The topological polar surface area (TPSA) is 20.2 Å². The lowest BCUT2D eigenvalue weighted by atomic mass is 10.2. The van der Waals surface area contributed by atoms with Gasteiger partial charge in [0.1, 0.15) is 0 Å². The maximum absolute atomic E-state index is 8.85. The van der Waals surface area contributed by atoms with Gasteiger partial charge in [-0.1, -0.05) is 11.6 Å². The zero-order valence-corrected chi connectivity index (χ0v) is 4.09. The minimum absolute atomic E-state index is 0.0891. The van der Waals surface area contributed by atoms with E-state index in [0.717, 1.165) is 12.3 Å². The molecule has 38 valence electrons. The monoisotopic (exact) mass is 96.1 g/mol. The van der Waals surface area contributed by atoms with Crippen molar-refractivity contribution in [3.8, 4) is 0 Å². The Kier molecular flexibility index (Phi) is 0.482. The molecule has 2 aliphatic carbocycles. The maximum Gasteiger partial charge on any atom is 0.0729 e. The summed E-state index contributed by atoms with van der Waals surface area (Å²) >= 11 is 0. The van der Waals surface area contributed by atoms with Crippen LogP contribution in [0.25, 0.3) is 0 Å². The van der Waals surface area contributed by atoms with Crippen molar-refractivity contribution in [3.05, 3.63) is 11.6 Å². The van der Waals surface area contributed by atoms with E-state index in [9.17, 15) is 0 Å². The summed E-state index contributed by atoms with van der Waals surface area (Å²) in [5.41, 5.74) is 1.49. The van der Waals surface area contributed by atoms with Crippen LogP contribution in [0.5, 0.6) is 0 Å². The van der Waals surface area contributed by atoms with Gasteiger partial charge in [0.05, 0.1) is 6.10 Å². The minimum Gasteiger partial charge on any atom is -0.389 e. The summed E-state index contributed by atoms with van der Waals surface area (Å²) in [7, 11) is 0. The van der Waals surface area contributed by atoms with Gasteiger partial charge in [-0.2, -0.15) is 0 Å². The summed E-state index contributed by atoms with van der Waals surface area (Å²) in [5.74, 6) is 0.801. The molecule has 0 spiro atoms. The minimum atomic E-state index is -0.0891. The Bertz CT molecular complexity index is 126. The quantitative estimate of drug-likeness (QED) is 0.440. The van der Waals surface area contributed by atoms with Gasteiger partial charge in [0.25, 0.3) is 0 Å². The van der Waals surface area contributed by atoms with Crippen molar-refractivity contribution >= 4 is 0 Å². The second-order valence-corrected chi connectivity index (χ2v) is 2.45. The number of aliphatic hydroxyl groups is 1. The highest BCUT2D eigenvalue weighted by Gasteiger charge is 2.36. The first-order valence-corrected chi connectivity index (χ1v) is 2.75. The molecule has 1 N–H and O–H groups in total. The average molecular weight is 96.1 g/mol. The van der Waals surface area contributed by atoms with Crippen molar-refractivity contribution in [2.75, 3.05) is 0 Å². The van der Waals surface area contributed by atoms with Crippen molar-refractivity contribution in [3.63, 3.8) is 0 Å². The van der Waals surface area contributed by atoms with E-state index in [-0.39, 0.29) is 6.10 Å². The number of fused-ring (bicyclic) bond motifs is 1. The summed E-state index contributed by atoms with van der Waals surface area (Å²) in [4.78, 5) is 0. The zero-order chi connectivity index (χ0) is 4.85. The highest BCUT2D eigenvalue weighted by molar-refractivity contribution is 5.30. The third-order valence-electron chi connectivity index (χ3n) is 1.78. The first-order chi connectivity index (χ1) is 3.36. The fourth-order valence-corrected chi connectivity index (χ4v) is 1.27. The Morgan fingerprint density at radius 3 is 2.86 bits per heavy atom. The summed E-state index contributed by atoms with van der Waals surface area (Å²) in [6.45, 7) is 0. The summed E-state index contributed by atoms with van der Waals surface area (Å²) in [5, 5.41) is 8.85. The SMILES string of the molecule is O[C@H]1C=C2C[C@@H]2C1. The van der Waals surface area contributed by atoms with E-state index in [1.54, 1.807) is 0 Å². The van der Waals surface area contributed by atoms with Gasteiger partial charge in [-0.25, -0.2) is 0 Å². The Morgan fingerprint density at radius 2 is 2.57 bits per heavy atom. The van der Waals surface area contributed by atoms with Crippen LogP contribution in [-0.4, -0.2) is 11.2 Å². The third kappa shape index (κ3) is 0.416. The van der Waals surface area contributed by atoms with Gasteiger partial charge in [0.15, 0.2) is 0 Å². The number of hydrogen-bond donors (Lipinski definition) is 1. The van der Waals surface area contributed by atoms with Gasteiger partial charge in [0, 0.05) is 0 Å². The van der Waals surface area contributed by atoms with E-state index in [0.29, 0.717) is 0 Å².